The number of rotatable bonds is 3. The van der Waals surface area contributed by atoms with Gasteiger partial charge in [0.1, 0.15) is 11.6 Å². The maximum atomic E-state index is 14.0. The molecule has 0 spiro atoms. The lowest BCUT2D eigenvalue weighted by molar-refractivity contribution is 0.585. The second-order valence-corrected chi connectivity index (χ2v) is 5.32. The second-order valence-electron chi connectivity index (χ2n) is 4.05. The third-order valence-corrected chi connectivity index (χ3v) is 3.72. The molecule has 0 saturated carbocycles. The fourth-order valence-electron chi connectivity index (χ4n) is 1.83. The Labute approximate surface area is 123 Å². The normalized spacial score (nSPS) is 10.8. The standard InChI is InChI=1S/C14H11BrClF2N/c1-19-7-9-3-2-8(6-11(9)16)13-12(17)5-4-10(15)14(13)18/h2-6,19H,7H2,1H3. The zero-order valence-electron chi connectivity index (χ0n) is 10.1. The van der Waals surface area contributed by atoms with E-state index in [4.69, 9.17) is 11.6 Å². The Balaban J connectivity index is 2.54. The maximum absolute atomic E-state index is 14.0. The molecule has 0 aliphatic heterocycles. The quantitative estimate of drug-likeness (QED) is 0.790. The fraction of sp³-hybridized carbons (Fsp3) is 0.143. The number of halogens is 4. The van der Waals surface area contributed by atoms with Crippen molar-refractivity contribution in [3.8, 4) is 11.1 Å². The molecule has 5 heteroatoms. The lowest BCUT2D eigenvalue weighted by atomic mass is 10.0. The van der Waals surface area contributed by atoms with E-state index in [1.165, 1.54) is 12.1 Å². The monoisotopic (exact) mass is 345 g/mol. The highest BCUT2D eigenvalue weighted by Crippen LogP contribution is 2.32. The summed E-state index contributed by atoms with van der Waals surface area (Å²) < 4.78 is 28.0. The molecule has 2 aromatic rings. The molecule has 100 valence electrons. The molecule has 1 nitrogen and oxygen atoms in total. The Bertz CT molecular complexity index is 617. The molecule has 1 N–H and O–H groups in total. The largest absolute Gasteiger partial charge is 0.316 e. The summed E-state index contributed by atoms with van der Waals surface area (Å²) in [5.41, 5.74) is 1.22. The molecule has 0 saturated heterocycles. The van der Waals surface area contributed by atoms with Gasteiger partial charge in [0.15, 0.2) is 0 Å². The smallest absolute Gasteiger partial charge is 0.148 e. The van der Waals surface area contributed by atoms with Crippen LogP contribution in [0.15, 0.2) is 34.8 Å². The zero-order chi connectivity index (χ0) is 14.0. The zero-order valence-corrected chi connectivity index (χ0v) is 12.4. The third kappa shape index (κ3) is 2.96. The van der Waals surface area contributed by atoms with E-state index in [-0.39, 0.29) is 10.0 Å². The molecule has 2 aromatic carbocycles. The van der Waals surface area contributed by atoms with Gasteiger partial charge in [0.2, 0.25) is 0 Å². The van der Waals surface area contributed by atoms with Crippen LogP contribution in [-0.2, 0) is 6.54 Å². The van der Waals surface area contributed by atoms with Crippen molar-refractivity contribution >= 4 is 27.5 Å². The summed E-state index contributed by atoms with van der Waals surface area (Å²) in [5, 5.41) is 3.45. The van der Waals surface area contributed by atoms with Crippen LogP contribution in [0.5, 0.6) is 0 Å². The number of hydrogen-bond donors (Lipinski definition) is 1. The van der Waals surface area contributed by atoms with Crippen LogP contribution in [0.1, 0.15) is 5.56 Å². The Hall–Kier alpha value is -0.970. The Morgan fingerprint density at radius 1 is 1.21 bits per heavy atom. The minimum atomic E-state index is -0.627. The average Bonchev–Trinajstić information content (AvgIpc) is 2.38. The SMILES string of the molecule is CNCc1ccc(-c2c(F)ccc(Br)c2F)cc1Cl. The molecule has 0 radical (unpaired) electrons. The van der Waals surface area contributed by atoms with Crippen LogP contribution >= 0.6 is 27.5 Å². The van der Waals surface area contributed by atoms with E-state index in [2.05, 4.69) is 21.2 Å². The number of benzene rings is 2. The highest BCUT2D eigenvalue weighted by Gasteiger charge is 2.15. The van der Waals surface area contributed by atoms with Crippen LogP contribution in [0.25, 0.3) is 11.1 Å². The van der Waals surface area contributed by atoms with Crippen LogP contribution in [0.4, 0.5) is 8.78 Å². The van der Waals surface area contributed by atoms with E-state index in [1.54, 1.807) is 25.2 Å². The van der Waals surface area contributed by atoms with Crippen molar-refractivity contribution in [1.82, 2.24) is 5.32 Å². The molecule has 0 unspecified atom stereocenters. The highest BCUT2D eigenvalue weighted by molar-refractivity contribution is 9.10. The molecule has 0 heterocycles. The van der Waals surface area contributed by atoms with Crippen LogP contribution in [0, 0.1) is 11.6 Å². The van der Waals surface area contributed by atoms with Gasteiger partial charge in [-0.1, -0.05) is 23.7 Å². The van der Waals surface area contributed by atoms with E-state index in [0.717, 1.165) is 5.56 Å². The van der Waals surface area contributed by atoms with Crippen LogP contribution in [0.3, 0.4) is 0 Å². The lowest BCUT2D eigenvalue weighted by Gasteiger charge is -2.09. The molecule has 0 atom stereocenters. The average molecular weight is 347 g/mol. The van der Waals surface area contributed by atoms with E-state index < -0.39 is 11.6 Å². The fourth-order valence-corrected chi connectivity index (χ4v) is 2.41. The van der Waals surface area contributed by atoms with Crippen LogP contribution in [0.2, 0.25) is 5.02 Å². The van der Waals surface area contributed by atoms with Gasteiger partial charge < -0.3 is 5.32 Å². The van der Waals surface area contributed by atoms with Gasteiger partial charge in [0.05, 0.1) is 10.0 Å². The molecule has 0 amide bonds. The molecule has 2 rings (SSSR count). The summed E-state index contributed by atoms with van der Waals surface area (Å²) in [6, 6.07) is 7.55. The summed E-state index contributed by atoms with van der Waals surface area (Å²) in [5.74, 6) is -1.24. The summed E-state index contributed by atoms with van der Waals surface area (Å²) in [6.45, 7) is 0.600. The molecular formula is C14H11BrClF2N. The molecule has 19 heavy (non-hydrogen) atoms. The molecule has 0 aliphatic rings. The highest BCUT2D eigenvalue weighted by atomic mass is 79.9. The van der Waals surface area contributed by atoms with E-state index in [1.807, 2.05) is 0 Å². The van der Waals surface area contributed by atoms with Crippen molar-refractivity contribution in [3.63, 3.8) is 0 Å². The van der Waals surface area contributed by atoms with Crippen LogP contribution < -0.4 is 5.32 Å². The van der Waals surface area contributed by atoms with Crippen molar-refractivity contribution in [1.29, 1.82) is 0 Å². The summed E-state index contributed by atoms with van der Waals surface area (Å²) in [6.07, 6.45) is 0. The van der Waals surface area contributed by atoms with Crippen LogP contribution in [-0.4, -0.2) is 7.05 Å². The van der Waals surface area contributed by atoms with Crippen molar-refractivity contribution in [3.05, 3.63) is 57.0 Å². The second kappa shape index (κ2) is 5.99. The molecule has 0 aliphatic carbocycles. The molecule has 0 fully saturated rings. The molecule has 0 aromatic heterocycles. The van der Waals surface area contributed by atoms with Gasteiger partial charge in [0, 0.05) is 11.6 Å². The minimum absolute atomic E-state index is 0.0766. The minimum Gasteiger partial charge on any atom is -0.316 e. The number of hydrogen-bond acceptors (Lipinski definition) is 1. The van der Waals surface area contributed by atoms with Crippen molar-refractivity contribution < 1.29 is 8.78 Å². The van der Waals surface area contributed by atoms with Gasteiger partial charge in [-0.25, -0.2) is 8.78 Å². The first-order chi connectivity index (χ1) is 9.04. The van der Waals surface area contributed by atoms with E-state index in [0.29, 0.717) is 17.1 Å². The van der Waals surface area contributed by atoms with Crippen molar-refractivity contribution in [2.45, 2.75) is 6.54 Å². The Morgan fingerprint density at radius 3 is 2.58 bits per heavy atom. The molecule has 0 bridgehead atoms. The first kappa shape index (κ1) is 14.4. The first-order valence-corrected chi connectivity index (χ1v) is 6.78. The molecular weight excluding hydrogens is 336 g/mol. The van der Waals surface area contributed by atoms with Gasteiger partial charge in [-0.15, -0.1) is 0 Å². The number of nitrogens with one attached hydrogen (secondary N) is 1. The third-order valence-electron chi connectivity index (χ3n) is 2.75. The topological polar surface area (TPSA) is 12.0 Å². The van der Waals surface area contributed by atoms with Gasteiger partial charge in [0.25, 0.3) is 0 Å². The maximum Gasteiger partial charge on any atom is 0.148 e. The summed E-state index contributed by atoms with van der Waals surface area (Å²) >= 11 is 9.16. The Morgan fingerprint density at radius 2 is 1.95 bits per heavy atom. The van der Waals surface area contributed by atoms with Gasteiger partial charge >= 0.3 is 0 Å². The predicted molar refractivity (Wildman–Crippen MR) is 77.3 cm³/mol. The Kier molecular flexibility index (Phi) is 4.55. The van der Waals surface area contributed by atoms with E-state index in [9.17, 15) is 8.78 Å². The van der Waals surface area contributed by atoms with Crippen molar-refractivity contribution in [2.75, 3.05) is 7.05 Å². The first-order valence-electron chi connectivity index (χ1n) is 5.61. The summed E-state index contributed by atoms with van der Waals surface area (Å²) in [4.78, 5) is 0. The predicted octanol–water partition coefficient (Wildman–Crippen LogP) is 4.77. The van der Waals surface area contributed by atoms with Gasteiger partial charge in [-0.3, -0.25) is 0 Å². The lowest BCUT2D eigenvalue weighted by Crippen LogP contribution is -2.05. The van der Waals surface area contributed by atoms with Gasteiger partial charge in [-0.2, -0.15) is 0 Å². The van der Waals surface area contributed by atoms with Crippen molar-refractivity contribution in [2.24, 2.45) is 0 Å². The summed E-state index contributed by atoms with van der Waals surface area (Å²) in [7, 11) is 1.80. The van der Waals surface area contributed by atoms with Gasteiger partial charge in [-0.05, 0) is 52.3 Å². The van der Waals surface area contributed by atoms with E-state index >= 15 is 0 Å².